The van der Waals surface area contributed by atoms with Crippen molar-refractivity contribution in [2.45, 2.75) is 0 Å². The first-order valence-electron chi connectivity index (χ1n) is 4.84. The smallest absolute Gasteiger partial charge is 0.335 e. The van der Waals surface area contributed by atoms with Crippen LogP contribution in [0.2, 0.25) is 0 Å². The maximum absolute atomic E-state index is 10.8. The number of aromatic nitrogens is 2. The van der Waals surface area contributed by atoms with Gasteiger partial charge in [-0.05, 0) is 18.2 Å². The number of hydrogen-bond donors (Lipinski definition) is 2. The Kier molecular flexibility index (Phi) is 1.71. The molecule has 4 nitrogen and oxygen atoms in total. The molecule has 0 aliphatic carbocycles. The molecular weight excluding hydrogens is 204 g/mol. The summed E-state index contributed by atoms with van der Waals surface area (Å²) in [5.74, 6) is -0.918. The molecular formula is C12H8N2O2. The molecule has 4 heteroatoms. The van der Waals surface area contributed by atoms with E-state index in [1.54, 1.807) is 30.6 Å². The summed E-state index contributed by atoms with van der Waals surface area (Å²) >= 11 is 0. The predicted molar refractivity (Wildman–Crippen MR) is 60.6 cm³/mol. The highest BCUT2D eigenvalue weighted by Crippen LogP contribution is 2.24. The van der Waals surface area contributed by atoms with Crippen molar-refractivity contribution in [2.24, 2.45) is 0 Å². The van der Waals surface area contributed by atoms with Crippen LogP contribution in [0.5, 0.6) is 0 Å². The van der Waals surface area contributed by atoms with Crippen LogP contribution in [0.1, 0.15) is 10.4 Å². The van der Waals surface area contributed by atoms with Crippen LogP contribution >= 0.6 is 0 Å². The van der Waals surface area contributed by atoms with Crippen molar-refractivity contribution in [2.75, 3.05) is 0 Å². The summed E-state index contributed by atoms with van der Waals surface area (Å²) in [4.78, 5) is 18.1. The monoisotopic (exact) mass is 212 g/mol. The fraction of sp³-hybridized carbons (Fsp3) is 0. The van der Waals surface area contributed by atoms with Gasteiger partial charge >= 0.3 is 5.97 Å². The zero-order valence-electron chi connectivity index (χ0n) is 8.27. The van der Waals surface area contributed by atoms with Gasteiger partial charge in [0.15, 0.2) is 0 Å². The molecule has 3 rings (SSSR count). The Morgan fingerprint density at radius 1 is 1.19 bits per heavy atom. The van der Waals surface area contributed by atoms with Gasteiger partial charge in [-0.15, -0.1) is 0 Å². The van der Waals surface area contributed by atoms with Crippen LogP contribution in [0.4, 0.5) is 0 Å². The fourth-order valence-electron chi connectivity index (χ4n) is 1.88. The molecule has 0 aliphatic heterocycles. The summed E-state index contributed by atoms with van der Waals surface area (Å²) in [6, 6.07) is 6.91. The third-order valence-corrected chi connectivity index (χ3v) is 2.65. The highest BCUT2D eigenvalue weighted by molar-refractivity contribution is 6.08. The second-order valence-corrected chi connectivity index (χ2v) is 3.61. The largest absolute Gasteiger partial charge is 0.478 e. The van der Waals surface area contributed by atoms with Gasteiger partial charge in [0.2, 0.25) is 0 Å². The van der Waals surface area contributed by atoms with Gasteiger partial charge < -0.3 is 10.1 Å². The fourth-order valence-corrected chi connectivity index (χ4v) is 1.88. The van der Waals surface area contributed by atoms with Crippen molar-refractivity contribution in [3.8, 4) is 0 Å². The molecule has 1 aromatic carbocycles. The Hall–Kier alpha value is -2.36. The zero-order chi connectivity index (χ0) is 11.1. The van der Waals surface area contributed by atoms with Crippen LogP contribution in [-0.2, 0) is 0 Å². The van der Waals surface area contributed by atoms with Gasteiger partial charge in [0.05, 0.1) is 5.56 Å². The minimum atomic E-state index is -0.918. The first-order valence-corrected chi connectivity index (χ1v) is 4.84. The Labute approximate surface area is 90.5 Å². The summed E-state index contributed by atoms with van der Waals surface area (Å²) in [6.45, 7) is 0. The van der Waals surface area contributed by atoms with Gasteiger partial charge in [0, 0.05) is 34.2 Å². The van der Waals surface area contributed by atoms with Crippen molar-refractivity contribution >= 4 is 27.8 Å². The summed E-state index contributed by atoms with van der Waals surface area (Å²) in [5.41, 5.74) is 2.07. The van der Waals surface area contributed by atoms with E-state index in [0.29, 0.717) is 0 Å². The lowest BCUT2D eigenvalue weighted by atomic mass is 10.1. The van der Waals surface area contributed by atoms with Crippen molar-refractivity contribution in [3.05, 3.63) is 42.2 Å². The van der Waals surface area contributed by atoms with E-state index in [1.807, 2.05) is 6.07 Å². The zero-order valence-corrected chi connectivity index (χ0v) is 8.27. The molecule has 0 bridgehead atoms. The topological polar surface area (TPSA) is 66.0 Å². The van der Waals surface area contributed by atoms with Crippen LogP contribution < -0.4 is 0 Å². The van der Waals surface area contributed by atoms with Crippen molar-refractivity contribution in [1.29, 1.82) is 0 Å². The van der Waals surface area contributed by atoms with Crippen LogP contribution in [0.25, 0.3) is 21.8 Å². The molecule has 0 spiro atoms. The Morgan fingerprint density at radius 2 is 2.06 bits per heavy atom. The number of H-pyrrole nitrogens is 1. The van der Waals surface area contributed by atoms with E-state index >= 15 is 0 Å². The number of nitrogens with one attached hydrogen (secondary N) is 1. The number of nitrogens with zero attached hydrogens (tertiary/aromatic N) is 1. The van der Waals surface area contributed by atoms with Crippen LogP contribution in [-0.4, -0.2) is 21.0 Å². The van der Waals surface area contributed by atoms with Crippen LogP contribution in [0.3, 0.4) is 0 Å². The van der Waals surface area contributed by atoms with Crippen molar-refractivity contribution < 1.29 is 9.90 Å². The minimum absolute atomic E-state index is 0.284. The van der Waals surface area contributed by atoms with E-state index in [1.165, 1.54) is 0 Å². The third kappa shape index (κ3) is 1.16. The van der Waals surface area contributed by atoms with Gasteiger partial charge in [0.1, 0.15) is 0 Å². The van der Waals surface area contributed by atoms with E-state index in [2.05, 4.69) is 9.97 Å². The van der Waals surface area contributed by atoms with E-state index in [-0.39, 0.29) is 5.56 Å². The molecule has 16 heavy (non-hydrogen) atoms. The maximum atomic E-state index is 10.8. The molecule has 0 atom stereocenters. The molecule has 2 aromatic heterocycles. The summed E-state index contributed by atoms with van der Waals surface area (Å²) < 4.78 is 0. The summed E-state index contributed by atoms with van der Waals surface area (Å²) in [6.07, 6.45) is 3.48. The Morgan fingerprint density at radius 3 is 2.88 bits per heavy atom. The van der Waals surface area contributed by atoms with Crippen LogP contribution in [0, 0.1) is 0 Å². The lowest BCUT2D eigenvalue weighted by Crippen LogP contribution is -1.94. The second-order valence-electron chi connectivity index (χ2n) is 3.61. The highest BCUT2D eigenvalue weighted by atomic mass is 16.4. The number of carboxylic acids is 1. The molecule has 2 heterocycles. The van der Waals surface area contributed by atoms with Gasteiger partial charge in [-0.25, -0.2) is 4.79 Å². The molecule has 2 N–H and O–H groups in total. The maximum Gasteiger partial charge on any atom is 0.335 e. The lowest BCUT2D eigenvalue weighted by Gasteiger charge is -1.94. The normalized spacial score (nSPS) is 11.0. The van der Waals surface area contributed by atoms with E-state index in [4.69, 9.17) is 5.11 Å². The second kappa shape index (κ2) is 3.06. The van der Waals surface area contributed by atoms with E-state index in [9.17, 15) is 4.79 Å². The predicted octanol–water partition coefficient (Wildman–Crippen LogP) is 2.41. The number of benzene rings is 1. The molecule has 0 unspecified atom stereocenters. The molecule has 0 fully saturated rings. The lowest BCUT2D eigenvalue weighted by molar-refractivity contribution is 0.0697. The first kappa shape index (κ1) is 8.91. The van der Waals surface area contributed by atoms with Crippen molar-refractivity contribution in [1.82, 2.24) is 9.97 Å². The number of carboxylic acid groups (broad SMARTS) is 1. The SMILES string of the molecule is O=C(O)c1ccc2c(c1)[nH]c1ccncc12. The molecule has 0 saturated carbocycles. The number of hydrogen-bond acceptors (Lipinski definition) is 2. The average molecular weight is 212 g/mol. The quantitative estimate of drug-likeness (QED) is 0.651. The number of aromatic amines is 1. The third-order valence-electron chi connectivity index (χ3n) is 2.65. The molecule has 0 radical (unpaired) electrons. The molecule has 0 amide bonds. The van der Waals surface area contributed by atoms with Gasteiger partial charge in [-0.3, -0.25) is 4.98 Å². The minimum Gasteiger partial charge on any atom is -0.478 e. The molecule has 3 aromatic rings. The number of pyridine rings is 1. The number of fused-ring (bicyclic) bond motifs is 3. The van der Waals surface area contributed by atoms with Crippen LogP contribution in [0.15, 0.2) is 36.7 Å². The number of rotatable bonds is 1. The van der Waals surface area contributed by atoms with Crippen molar-refractivity contribution in [3.63, 3.8) is 0 Å². The van der Waals surface area contributed by atoms with E-state index in [0.717, 1.165) is 21.8 Å². The molecule has 78 valence electrons. The summed E-state index contributed by atoms with van der Waals surface area (Å²) in [5, 5.41) is 10.9. The highest BCUT2D eigenvalue weighted by Gasteiger charge is 2.07. The number of carbonyl (C=O) groups is 1. The Bertz CT molecular complexity index is 700. The van der Waals surface area contributed by atoms with Gasteiger partial charge in [0.25, 0.3) is 0 Å². The average Bonchev–Trinajstić information content (AvgIpc) is 2.66. The summed E-state index contributed by atoms with van der Waals surface area (Å²) in [7, 11) is 0. The molecule has 0 saturated heterocycles. The standard InChI is InChI=1S/C12H8N2O2/c15-12(16)7-1-2-8-9-6-13-4-3-10(9)14-11(8)5-7/h1-6,14H,(H,15,16). The Balaban J connectivity index is 2.41. The first-order chi connectivity index (χ1) is 7.75. The van der Waals surface area contributed by atoms with Gasteiger partial charge in [-0.2, -0.15) is 0 Å². The molecule has 0 aliphatic rings. The van der Waals surface area contributed by atoms with E-state index < -0.39 is 5.97 Å². The van der Waals surface area contributed by atoms with Gasteiger partial charge in [-0.1, -0.05) is 6.07 Å². The number of aromatic carboxylic acids is 1.